The van der Waals surface area contributed by atoms with Crippen LogP contribution in [0, 0.1) is 12.7 Å². The van der Waals surface area contributed by atoms with Crippen molar-refractivity contribution in [1.29, 1.82) is 0 Å². The predicted octanol–water partition coefficient (Wildman–Crippen LogP) is 4.39. The first-order valence-corrected chi connectivity index (χ1v) is 7.82. The number of esters is 1. The third-order valence-electron chi connectivity index (χ3n) is 3.53. The Kier molecular flexibility index (Phi) is 4.21. The Hall–Kier alpha value is -2.53. The van der Waals surface area contributed by atoms with Crippen LogP contribution in [0.3, 0.4) is 0 Å². The molecule has 3 aromatic rings. The van der Waals surface area contributed by atoms with Gasteiger partial charge in [-0.2, -0.15) is 0 Å². The summed E-state index contributed by atoms with van der Waals surface area (Å²) in [6.45, 7) is 1.50. The van der Waals surface area contributed by atoms with Crippen LogP contribution < -0.4 is 0 Å². The van der Waals surface area contributed by atoms with Crippen molar-refractivity contribution in [3.05, 3.63) is 70.4 Å². The minimum Gasteiger partial charge on any atom is -0.453 e. The van der Waals surface area contributed by atoms with E-state index in [1.807, 2.05) is 31.2 Å². The molecule has 0 aliphatic heterocycles. The van der Waals surface area contributed by atoms with Crippen LogP contribution in [-0.2, 0) is 4.74 Å². The third kappa shape index (κ3) is 3.14. The van der Waals surface area contributed by atoms with Gasteiger partial charge in [0.1, 0.15) is 10.7 Å². The van der Waals surface area contributed by atoms with Crippen LogP contribution in [0.2, 0.25) is 0 Å². The molecule has 23 heavy (non-hydrogen) atoms. The minimum absolute atomic E-state index is 0.312. The van der Waals surface area contributed by atoms with Crippen LogP contribution in [0.1, 0.15) is 25.6 Å². The van der Waals surface area contributed by atoms with Crippen LogP contribution in [0.4, 0.5) is 4.39 Å². The van der Waals surface area contributed by atoms with E-state index in [0.717, 1.165) is 15.6 Å². The second-order valence-electron chi connectivity index (χ2n) is 5.06. The molecule has 5 heteroatoms. The zero-order chi connectivity index (χ0) is 16.4. The van der Waals surface area contributed by atoms with Gasteiger partial charge in [-0.3, -0.25) is 4.79 Å². The van der Waals surface area contributed by atoms with Crippen LogP contribution >= 0.6 is 11.3 Å². The number of Topliss-reactive ketones (excluding diaryl/α,β-unsaturated/α-hetero) is 1. The molecule has 0 aliphatic carbocycles. The summed E-state index contributed by atoms with van der Waals surface area (Å²) in [5.74, 6) is -1.30. The first kappa shape index (κ1) is 15.4. The van der Waals surface area contributed by atoms with Gasteiger partial charge >= 0.3 is 5.97 Å². The second-order valence-corrected chi connectivity index (χ2v) is 6.11. The number of carbonyl (C=O) groups is 2. The van der Waals surface area contributed by atoms with E-state index >= 15 is 0 Å². The molecule has 0 saturated heterocycles. The van der Waals surface area contributed by atoms with Gasteiger partial charge in [-0.05, 0) is 48.2 Å². The Balaban J connectivity index is 1.72. The Morgan fingerprint density at radius 3 is 2.48 bits per heavy atom. The number of benzene rings is 2. The van der Waals surface area contributed by atoms with E-state index < -0.39 is 11.8 Å². The monoisotopic (exact) mass is 328 g/mol. The Labute approximate surface area is 136 Å². The maximum absolute atomic E-state index is 12.8. The van der Waals surface area contributed by atoms with Gasteiger partial charge in [0.05, 0.1) is 0 Å². The summed E-state index contributed by atoms with van der Waals surface area (Å²) in [6, 6.07) is 12.8. The zero-order valence-electron chi connectivity index (χ0n) is 12.3. The SMILES string of the molecule is Cc1c(C(=O)OCC(=O)c2ccc(F)cc2)sc2ccccc12. The van der Waals surface area contributed by atoms with Crippen molar-refractivity contribution < 1.29 is 18.7 Å². The zero-order valence-corrected chi connectivity index (χ0v) is 13.2. The van der Waals surface area contributed by atoms with Gasteiger partial charge < -0.3 is 4.74 Å². The van der Waals surface area contributed by atoms with E-state index in [1.54, 1.807) is 0 Å². The number of ether oxygens (including phenoxy) is 1. The van der Waals surface area contributed by atoms with E-state index in [0.29, 0.717) is 10.4 Å². The number of hydrogen-bond acceptors (Lipinski definition) is 4. The molecule has 0 unspecified atom stereocenters. The molecular weight excluding hydrogens is 315 g/mol. The van der Waals surface area contributed by atoms with Gasteiger partial charge in [0.15, 0.2) is 12.4 Å². The molecule has 0 N–H and O–H groups in total. The molecule has 116 valence electrons. The summed E-state index contributed by atoms with van der Waals surface area (Å²) in [4.78, 5) is 24.7. The van der Waals surface area contributed by atoms with E-state index in [4.69, 9.17) is 4.74 Å². The van der Waals surface area contributed by atoms with Gasteiger partial charge in [0.2, 0.25) is 0 Å². The van der Waals surface area contributed by atoms with E-state index in [-0.39, 0.29) is 12.4 Å². The molecule has 0 bridgehead atoms. The molecule has 0 radical (unpaired) electrons. The lowest BCUT2D eigenvalue weighted by Crippen LogP contribution is -2.14. The quantitative estimate of drug-likeness (QED) is 0.527. The molecule has 3 nitrogen and oxygen atoms in total. The number of halogens is 1. The molecule has 1 heterocycles. The molecule has 0 atom stereocenters. The minimum atomic E-state index is -0.515. The lowest BCUT2D eigenvalue weighted by molar-refractivity contribution is 0.0479. The van der Waals surface area contributed by atoms with Crippen molar-refractivity contribution in [2.75, 3.05) is 6.61 Å². The topological polar surface area (TPSA) is 43.4 Å². The molecule has 2 aromatic carbocycles. The number of carbonyl (C=O) groups excluding carboxylic acids is 2. The largest absolute Gasteiger partial charge is 0.453 e. The molecule has 0 fully saturated rings. The summed E-state index contributed by atoms with van der Waals surface area (Å²) in [7, 11) is 0. The van der Waals surface area contributed by atoms with Gasteiger partial charge in [-0.1, -0.05) is 18.2 Å². The average molecular weight is 328 g/mol. The second kappa shape index (κ2) is 6.30. The van der Waals surface area contributed by atoms with Crippen molar-refractivity contribution in [2.24, 2.45) is 0 Å². The lowest BCUT2D eigenvalue weighted by atomic mass is 10.1. The molecule has 0 spiro atoms. The van der Waals surface area contributed by atoms with Crippen LogP contribution in [0.15, 0.2) is 48.5 Å². The van der Waals surface area contributed by atoms with E-state index in [2.05, 4.69) is 0 Å². The fraction of sp³-hybridized carbons (Fsp3) is 0.111. The maximum atomic E-state index is 12.8. The van der Waals surface area contributed by atoms with Crippen molar-refractivity contribution >= 4 is 33.2 Å². The maximum Gasteiger partial charge on any atom is 0.349 e. The number of ketones is 1. The highest BCUT2D eigenvalue weighted by molar-refractivity contribution is 7.21. The first-order valence-electron chi connectivity index (χ1n) is 7.00. The predicted molar refractivity (Wildman–Crippen MR) is 87.6 cm³/mol. The Morgan fingerprint density at radius 1 is 1.09 bits per heavy atom. The molecule has 0 amide bonds. The fourth-order valence-electron chi connectivity index (χ4n) is 2.28. The van der Waals surface area contributed by atoms with Crippen molar-refractivity contribution in [3.8, 4) is 0 Å². The number of thiophene rings is 1. The van der Waals surface area contributed by atoms with Crippen molar-refractivity contribution in [1.82, 2.24) is 0 Å². The van der Waals surface area contributed by atoms with E-state index in [1.165, 1.54) is 35.6 Å². The highest BCUT2D eigenvalue weighted by atomic mass is 32.1. The Bertz CT molecular complexity index is 881. The van der Waals surface area contributed by atoms with Gasteiger partial charge in [0.25, 0.3) is 0 Å². The summed E-state index contributed by atoms with van der Waals surface area (Å²) in [6.07, 6.45) is 0. The molecule has 3 rings (SSSR count). The summed E-state index contributed by atoms with van der Waals surface area (Å²) in [5.41, 5.74) is 1.16. The lowest BCUT2D eigenvalue weighted by Gasteiger charge is -2.04. The molecule has 0 aliphatic rings. The summed E-state index contributed by atoms with van der Waals surface area (Å²) < 4.78 is 19.0. The highest BCUT2D eigenvalue weighted by Gasteiger charge is 2.18. The highest BCUT2D eigenvalue weighted by Crippen LogP contribution is 2.30. The fourth-order valence-corrected chi connectivity index (χ4v) is 3.39. The standard InChI is InChI=1S/C18H13FO3S/c1-11-14-4-2-3-5-16(14)23-17(11)18(21)22-10-15(20)12-6-8-13(19)9-7-12/h2-9H,10H2,1H3. The van der Waals surface area contributed by atoms with Crippen molar-refractivity contribution in [3.63, 3.8) is 0 Å². The number of fused-ring (bicyclic) bond motifs is 1. The number of rotatable bonds is 4. The third-order valence-corrected chi connectivity index (χ3v) is 4.78. The molecule has 1 aromatic heterocycles. The first-order chi connectivity index (χ1) is 11.1. The van der Waals surface area contributed by atoms with E-state index in [9.17, 15) is 14.0 Å². The Morgan fingerprint density at radius 2 is 1.78 bits per heavy atom. The van der Waals surface area contributed by atoms with Crippen LogP contribution in [0.25, 0.3) is 10.1 Å². The molecular formula is C18H13FO3S. The van der Waals surface area contributed by atoms with Crippen LogP contribution in [0.5, 0.6) is 0 Å². The number of aryl methyl sites for hydroxylation is 1. The summed E-state index contributed by atoms with van der Waals surface area (Å²) in [5, 5.41) is 1.01. The number of hydrogen-bond donors (Lipinski definition) is 0. The van der Waals surface area contributed by atoms with Gasteiger partial charge in [0, 0.05) is 10.3 Å². The van der Waals surface area contributed by atoms with Gasteiger partial charge in [-0.15, -0.1) is 11.3 Å². The van der Waals surface area contributed by atoms with Crippen molar-refractivity contribution in [2.45, 2.75) is 6.92 Å². The summed E-state index contributed by atoms with van der Waals surface area (Å²) >= 11 is 1.35. The average Bonchev–Trinajstić information content (AvgIpc) is 2.90. The van der Waals surface area contributed by atoms with Crippen LogP contribution in [-0.4, -0.2) is 18.4 Å². The normalized spacial score (nSPS) is 10.7. The molecule has 0 saturated carbocycles. The smallest absolute Gasteiger partial charge is 0.349 e. The van der Waals surface area contributed by atoms with Gasteiger partial charge in [-0.25, -0.2) is 9.18 Å².